The average molecular weight is 388 g/mol. The Bertz CT molecular complexity index is 575. The summed E-state index contributed by atoms with van der Waals surface area (Å²) in [7, 11) is -0.967. The number of ether oxygens (including phenoxy) is 2. The molecule has 7 nitrogen and oxygen atoms in total. The molecule has 1 atom stereocenters. The summed E-state index contributed by atoms with van der Waals surface area (Å²) in [6.07, 6.45) is -0.620. The van der Waals surface area contributed by atoms with E-state index in [1.807, 2.05) is 13.1 Å². The predicted molar refractivity (Wildman–Crippen MR) is 100 cm³/mol. The Balaban J connectivity index is 3.23. The minimum absolute atomic E-state index is 0.0647. The van der Waals surface area contributed by atoms with Gasteiger partial charge in [0.2, 0.25) is 5.91 Å². The molecule has 8 heteroatoms. The fraction of sp³-hybridized carbons (Fsp3) is 0.833. The van der Waals surface area contributed by atoms with Crippen LogP contribution < -0.4 is 0 Å². The molecule has 0 radical (unpaired) electrons. The second kappa shape index (κ2) is 7.30. The van der Waals surface area contributed by atoms with Crippen LogP contribution in [0, 0.1) is 0 Å². The van der Waals surface area contributed by atoms with E-state index in [2.05, 4.69) is 20.8 Å². The van der Waals surface area contributed by atoms with E-state index in [4.69, 9.17) is 13.9 Å². The lowest BCUT2D eigenvalue weighted by Gasteiger charge is -2.41. The lowest BCUT2D eigenvalue weighted by atomic mass is 9.98. The number of carbonyl (C=O) groups excluding carboxylic acids is 3. The predicted octanol–water partition coefficient (Wildman–Crippen LogP) is 3.48. The van der Waals surface area contributed by atoms with Gasteiger partial charge in [0.05, 0.1) is 13.7 Å². The van der Waals surface area contributed by atoms with Gasteiger partial charge in [-0.1, -0.05) is 20.8 Å². The molecule has 150 valence electrons. The number of imide groups is 1. The maximum atomic E-state index is 12.7. The quantitative estimate of drug-likeness (QED) is 0.542. The van der Waals surface area contributed by atoms with Gasteiger partial charge in [-0.05, 0) is 45.3 Å². The van der Waals surface area contributed by atoms with Crippen molar-refractivity contribution >= 4 is 26.3 Å². The Morgan fingerprint density at radius 2 is 1.69 bits per heavy atom. The van der Waals surface area contributed by atoms with Crippen LogP contribution in [0.2, 0.25) is 18.1 Å². The number of esters is 1. The number of hydrogen-bond donors (Lipinski definition) is 0. The van der Waals surface area contributed by atoms with Gasteiger partial charge in [-0.25, -0.2) is 14.5 Å². The fourth-order valence-corrected chi connectivity index (χ4v) is 3.49. The highest BCUT2D eigenvalue weighted by Gasteiger charge is 2.57. The summed E-state index contributed by atoms with van der Waals surface area (Å²) in [6, 6.07) is 0. The smallest absolute Gasteiger partial charge is 0.418 e. The van der Waals surface area contributed by atoms with E-state index in [1.54, 1.807) is 20.8 Å². The van der Waals surface area contributed by atoms with Crippen molar-refractivity contribution in [2.75, 3.05) is 13.7 Å². The second-order valence-corrected chi connectivity index (χ2v) is 14.1. The first-order valence-corrected chi connectivity index (χ1v) is 11.8. The van der Waals surface area contributed by atoms with Gasteiger partial charge in [-0.15, -0.1) is 0 Å². The highest BCUT2D eigenvalue weighted by Crippen LogP contribution is 2.40. The third kappa shape index (κ3) is 4.65. The minimum atomic E-state index is -2.21. The lowest BCUT2D eigenvalue weighted by molar-refractivity contribution is -0.158. The molecule has 0 aromatic rings. The van der Waals surface area contributed by atoms with Gasteiger partial charge in [0.1, 0.15) is 5.60 Å². The van der Waals surface area contributed by atoms with Gasteiger partial charge in [-0.3, -0.25) is 4.79 Å². The second-order valence-electron chi connectivity index (χ2n) is 9.28. The van der Waals surface area contributed by atoms with Crippen molar-refractivity contribution in [3.63, 3.8) is 0 Å². The van der Waals surface area contributed by atoms with E-state index in [0.29, 0.717) is 0 Å². The number of carbonyl (C=O) groups is 3. The van der Waals surface area contributed by atoms with Gasteiger partial charge in [-0.2, -0.15) is 0 Å². The molecular weight excluding hydrogens is 354 g/mol. The Kier molecular flexibility index (Phi) is 6.36. The Hall–Kier alpha value is -1.41. The number of rotatable bonds is 4. The number of methoxy groups -OCH3 is 1. The standard InChI is InChI=1S/C18H33NO6Si/c1-16(2,3)25-15(22)19-13(20)10-11-18(19,14(21)23-7)12-24-26(8,9)17(4,5)6/h10-12H2,1-9H3/t18-/m1/s1. The number of likely N-dealkylation sites (tertiary alicyclic amines) is 1. The zero-order valence-electron chi connectivity index (χ0n) is 17.5. The number of hydrogen-bond acceptors (Lipinski definition) is 6. The highest BCUT2D eigenvalue weighted by molar-refractivity contribution is 6.74. The van der Waals surface area contributed by atoms with Crippen LogP contribution in [-0.4, -0.2) is 56.0 Å². The first-order chi connectivity index (χ1) is 11.6. The number of amides is 2. The molecular formula is C18H33NO6Si. The Morgan fingerprint density at radius 3 is 2.12 bits per heavy atom. The van der Waals surface area contributed by atoms with Gasteiger partial charge in [0.25, 0.3) is 0 Å². The van der Waals surface area contributed by atoms with Crippen LogP contribution in [-0.2, 0) is 23.5 Å². The van der Waals surface area contributed by atoms with Crippen molar-refractivity contribution in [1.82, 2.24) is 4.90 Å². The summed E-state index contributed by atoms with van der Waals surface area (Å²) in [6.45, 7) is 15.4. The molecule has 0 unspecified atom stereocenters. The molecule has 1 aliphatic heterocycles. The molecule has 0 N–H and O–H groups in total. The summed E-state index contributed by atoms with van der Waals surface area (Å²) >= 11 is 0. The van der Waals surface area contributed by atoms with Crippen molar-refractivity contribution in [3.05, 3.63) is 0 Å². The normalized spacial score (nSPS) is 21.7. The van der Waals surface area contributed by atoms with Gasteiger partial charge >= 0.3 is 12.1 Å². The molecule has 0 aromatic carbocycles. The fourth-order valence-electron chi connectivity index (χ4n) is 2.46. The first kappa shape index (κ1) is 22.6. The molecule has 1 heterocycles. The average Bonchev–Trinajstić information content (AvgIpc) is 2.79. The summed E-state index contributed by atoms with van der Waals surface area (Å²) < 4.78 is 16.5. The Morgan fingerprint density at radius 1 is 1.15 bits per heavy atom. The molecule has 0 saturated carbocycles. The summed E-state index contributed by atoms with van der Waals surface area (Å²) in [5.74, 6) is -1.11. The molecule has 1 rings (SSSR count). The van der Waals surface area contributed by atoms with Crippen LogP contribution in [0.5, 0.6) is 0 Å². The third-order valence-corrected chi connectivity index (χ3v) is 9.53. The van der Waals surface area contributed by atoms with E-state index in [9.17, 15) is 14.4 Å². The van der Waals surface area contributed by atoms with Crippen molar-refractivity contribution in [1.29, 1.82) is 0 Å². The van der Waals surface area contributed by atoms with Crippen LogP contribution in [0.3, 0.4) is 0 Å². The Labute approximate surface area is 157 Å². The van der Waals surface area contributed by atoms with Crippen molar-refractivity contribution in [3.8, 4) is 0 Å². The zero-order chi connectivity index (χ0) is 20.6. The maximum absolute atomic E-state index is 12.7. The molecule has 0 bridgehead atoms. The van der Waals surface area contributed by atoms with Crippen LogP contribution in [0.25, 0.3) is 0 Å². The van der Waals surface area contributed by atoms with Crippen LogP contribution in [0.15, 0.2) is 0 Å². The van der Waals surface area contributed by atoms with E-state index < -0.39 is 37.4 Å². The third-order valence-electron chi connectivity index (χ3n) is 5.05. The molecule has 1 saturated heterocycles. The van der Waals surface area contributed by atoms with Crippen LogP contribution >= 0.6 is 0 Å². The largest absolute Gasteiger partial charge is 0.467 e. The van der Waals surface area contributed by atoms with Crippen molar-refractivity contribution in [2.45, 2.75) is 83.7 Å². The highest BCUT2D eigenvalue weighted by atomic mass is 28.4. The summed E-state index contributed by atoms with van der Waals surface area (Å²) in [5, 5.41) is -0.0797. The summed E-state index contributed by atoms with van der Waals surface area (Å²) in [4.78, 5) is 38.6. The topological polar surface area (TPSA) is 82.1 Å². The zero-order valence-corrected chi connectivity index (χ0v) is 18.5. The van der Waals surface area contributed by atoms with Crippen molar-refractivity contribution in [2.24, 2.45) is 0 Å². The maximum Gasteiger partial charge on any atom is 0.418 e. The van der Waals surface area contributed by atoms with Crippen LogP contribution in [0.4, 0.5) is 4.79 Å². The molecule has 0 aromatic heterocycles. The van der Waals surface area contributed by atoms with Gasteiger partial charge in [0, 0.05) is 6.42 Å². The molecule has 26 heavy (non-hydrogen) atoms. The molecule has 2 amide bonds. The SMILES string of the molecule is COC(=O)[C@]1(CO[Si](C)(C)C(C)(C)C)CCC(=O)N1C(=O)OC(C)(C)C. The number of nitrogens with zero attached hydrogens (tertiary/aromatic N) is 1. The van der Waals surface area contributed by atoms with Crippen LogP contribution in [0.1, 0.15) is 54.4 Å². The van der Waals surface area contributed by atoms with Gasteiger partial charge < -0.3 is 13.9 Å². The van der Waals surface area contributed by atoms with E-state index in [0.717, 1.165) is 4.90 Å². The van der Waals surface area contributed by atoms with E-state index in [1.165, 1.54) is 7.11 Å². The lowest BCUT2D eigenvalue weighted by Crippen LogP contribution is -2.60. The molecule has 1 fully saturated rings. The van der Waals surface area contributed by atoms with E-state index >= 15 is 0 Å². The first-order valence-electron chi connectivity index (χ1n) is 8.86. The minimum Gasteiger partial charge on any atom is -0.467 e. The van der Waals surface area contributed by atoms with Crippen molar-refractivity contribution < 1.29 is 28.3 Å². The molecule has 0 spiro atoms. The molecule has 0 aliphatic carbocycles. The monoisotopic (exact) mass is 387 g/mol. The van der Waals surface area contributed by atoms with Gasteiger partial charge in [0.15, 0.2) is 13.9 Å². The molecule has 1 aliphatic rings. The van der Waals surface area contributed by atoms with E-state index in [-0.39, 0.29) is 24.5 Å². The summed E-state index contributed by atoms with van der Waals surface area (Å²) in [5.41, 5.74) is -2.27.